The molecule has 0 aliphatic rings. The average molecular weight is 270 g/mol. The van der Waals surface area contributed by atoms with E-state index in [1.807, 2.05) is 30.3 Å². The van der Waals surface area contributed by atoms with Crippen LogP contribution in [0.3, 0.4) is 0 Å². The molecule has 4 nitrogen and oxygen atoms in total. The zero-order valence-corrected chi connectivity index (χ0v) is 11.2. The van der Waals surface area contributed by atoms with Crippen LogP contribution in [0.4, 0.5) is 0 Å². The lowest BCUT2D eigenvalue weighted by Crippen LogP contribution is -2.34. The summed E-state index contributed by atoms with van der Waals surface area (Å²) in [4.78, 5) is 14.1. The molecule has 4 heteroatoms. The SMILES string of the molecule is NCCN(Cc1ccccc1)C(=O)c1ccccc1O. The van der Waals surface area contributed by atoms with Crippen molar-refractivity contribution in [1.82, 2.24) is 4.90 Å². The molecule has 0 fully saturated rings. The van der Waals surface area contributed by atoms with Gasteiger partial charge in [0, 0.05) is 19.6 Å². The molecule has 0 bridgehead atoms. The minimum absolute atomic E-state index is 0.00687. The summed E-state index contributed by atoms with van der Waals surface area (Å²) in [6.45, 7) is 1.30. The fourth-order valence-electron chi connectivity index (χ4n) is 2.04. The Kier molecular flexibility index (Phi) is 4.74. The Morgan fingerprint density at radius 2 is 1.70 bits per heavy atom. The van der Waals surface area contributed by atoms with Gasteiger partial charge in [-0.2, -0.15) is 0 Å². The number of rotatable bonds is 5. The lowest BCUT2D eigenvalue weighted by Gasteiger charge is -2.22. The molecule has 0 radical (unpaired) electrons. The van der Waals surface area contributed by atoms with E-state index in [4.69, 9.17) is 5.73 Å². The van der Waals surface area contributed by atoms with E-state index in [1.165, 1.54) is 6.07 Å². The van der Waals surface area contributed by atoms with Gasteiger partial charge in [-0.15, -0.1) is 0 Å². The third-order valence-electron chi connectivity index (χ3n) is 3.04. The normalized spacial score (nSPS) is 10.2. The van der Waals surface area contributed by atoms with Crippen molar-refractivity contribution >= 4 is 5.91 Å². The number of carbonyl (C=O) groups is 1. The number of nitrogens with zero attached hydrogens (tertiary/aromatic N) is 1. The molecule has 0 spiro atoms. The largest absolute Gasteiger partial charge is 0.507 e. The lowest BCUT2D eigenvalue weighted by molar-refractivity contribution is 0.0745. The molecule has 0 saturated carbocycles. The Morgan fingerprint density at radius 1 is 1.05 bits per heavy atom. The van der Waals surface area contributed by atoms with Crippen molar-refractivity contribution in [2.45, 2.75) is 6.54 Å². The average Bonchev–Trinajstić information content (AvgIpc) is 2.48. The van der Waals surface area contributed by atoms with Crippen molar-refractivity contribution < 1.29 is 9.90 Å². The Hall–Kier alpha value is -2.33. The smallest absolute Gasteiger partial charge is 0.257 e. The van der Waals surface area contributed by atoms with Crippen molar-refractivity contribution in [3.63, 3.8) is 0 Å². The van der Waals surface area contributed by atoms with Crippen LogP contribution in [0.5, 0.6) is 5.75 Å². The number of carbonyl (C=O) groups excluding carboxylic acids is 1. The highest BCUT2D eigenvalue weighted by atomic mass is 16.3. The summed E-state index contributed by atoms with van der Waals surface area (Å²) in [6.07, 6.45) is 0. The number of hydrogen-bond donors (Lipinski definition) is 2. The van der Waals surface area contributed by atoms with E-state index in [2.05, 4.69) is 0 Å². The molecule has 3 N–H and O–H groups in total. The van der Waals surface area contributed by atoms with E-state index >= 15 is 0 Å². The number of para-hydroxylation sites is 1. The van der Waals surface area contributed by atoms with Gasteiger partial charge in [-0.3, -0.25) is 4.79 Å². The Labute approximate surface area is 118 Å². The van der Waals surface area contributed by atoms with Crippen molar-refractivity contribution in [3.8, 4) is 5.75 Å². The molecule has 0 atom stereocenters. The highest BCUT2D eigenvalue weighted by molar-refractivity contribution is 5.96. The third-order valence-corrected chi connectivity index (χ3v) is 3.04. The van der Waals surface area contributed by atoms with E-state index in [0.29, 0.717) is 25.2 Å². The zero-order valence-electron chi connectivity index (χ0n) is 11.2. The number of phenolic OH excluding ortho intramolecular Hbond substituents is 1. The first-order valence-electron chi connectivity index (χ1n) is 6.53. The van der Waals surface area contributed by atoms with Gasteiger partial charge in [-0.25, -0.2) is 0 Å². The molecule has 104 valence electrons. The Morgan fingerprint density at radius 3 is 2.35 bits per heavy atom. The standard InChI is InChI=1S/C16H18N2O2/c17-10-11-18(12-13-6-2-1-3-7-13)16(20)14-8-4-5-9-15(14)19/h1-9,19H,10-12,17H2. The zero-order chi connectivity index (χ0) is 14.4. The van der Waals surface area contributed by atoms with Crippen LogP contribution >= 0.6 is 0 Å². The molecule has 0 aromatic heterocycles. The maximum Gasteiger partial charge on any atom is 0.257 e. The summed E-state index contributed by atoms with van der Waals surface area (Å²) >= 11 is 0. The minimum Gasteiger partial charge on any atom is -0.507 e. The summed E-state index contributed by atoms with van der Waals surface area (Å²) in [5.41, 5.74) is 6.92. The van der Waals surface area contributed by atoms with Crippen LogP contribution in [-0.2, 0) is 6.54 Å². The highest BCUT2D eigenvalue weighted by Gasteiger charge is 2.18. The van der Waals surface area contributed by atoms with Crippen molar-refractivity contribution in [3.05, 3.63) is 65.7 Å². The molecule has 0 unspecified atom stereocenters. The maximum atomic E-state index is 12.5. The Bertz CT molecular complexity index is 570. The van der Waals surface area contributed by atoms with Crippen LogP contribution in [-0.4, -0.2) is 29.0 Å². The number of aromatic hydroxyl groups is 1. The molecule has 20 heavy (non-hydrogen) atoms. The second-order valence-corrected chi connectivity index (χ2v) is 4.52. The Balaban J connectivity index is 2.20. The summed E-state index contributed by atoms with van der Waals surface area (Å²) in [5.74, 6) is -0.218. The first kappa shape index (κ1) is 14.1. The van der Waals surface area contributed by atoms with Gasteiger partial charge in [0.2, 0.25) is 0 Å². The molecule has 0 saturated heterocycles. The number of benzene rings is 2. The lowest BCUT2D eigenvalue weighted by atomic mass is 10.1. The van der Waals surface area contributed by atoms with Crippen molar-refractivity contribution in [2.24, 2.45) is 5.73 Å². The second-order valence-electron chi connectivity index (χ2n) is 4.52. The van der Waals surface area contributed by atoms with Crippen molar-refractivity contribution in [1.29, 1.82) is 0 Å². The predicted octanol–water partition coefficient (Wildman–Crippen LogP) is 1.99. The van der Waals surface area contributed by atoms with E-state index in [9.17, 15) is 9.90 Å². The van der Waals surface area contributed by atoms with Gasteiger partial charge in [0.25, 0.3) is 5.91 Å². The first-order valence-corrected chi connectivity index (χ1v) is 6.53. The topological polar surface area (TPSA) is 66.6 Å². The van der Waals surface area contributed by atoms with Crippen LogP contribution in [0.15, 0.2) is 54.6 Å². The number of hydrogen-bond acceptors (Lipinski definition) is 3. The van der Waals surface area contributed by atoms with Crippen LogP contribution in [0, 0.1) is 0 Å². The molecule has 1 amide bonds. The van der Waals surface area contributed by atoms with Crippen LogP contribution < -0.4 is 5.73 Å². The summed E-state index contributed by atoms with van der Waals surface area (Å²) < 4.78 is 0. The van der Waals surface area contributed by atoms with E-state index < -0.39 is 0 Å². The van der Waals surface area contributed by atoms with Gasteiger partial charge >= 0.3 is 0 Å². The fourth-order valence-corrected chi connectivity index (χ4v) is 2.04. The number of phenols is 1. The molecule has 2 aromatic rings. The minimum atomic E-state index is -0.211. The summed E-state index contributed by atoms with van der Waals surface area (Å²) in [5, 5.41) is 9.79. The molecule has 0 aliphatic heterocycles. The van der Waals surface area contributed by atoms with Crippen LogP contribution in [0.25, 0.3) is 0 Å². The van der Waals surface area contributed by atoms with Crippen molar-refractivity contribution in [2.75, 3.05) is 13.1 Å². The molecule has 2 aromatic carbocycles. The van der Waals surface area contributed by atoms with Gasteiger partial charge in [0.1, 0.15) is 5.75 Å². The quantitative estimate of drug-likeness (QED) is 0.873. The molecule has 0 heterocycles. The fraction of sp³-hybridized carbons (Fsp3) is 0.188. The van der Waals surface area contributed by atoms with E-state index in [0.717, 1.165) is 5.56 Å². The monoisotopic (exact) mass is 270 g/mol. The van der Waals surface area contributed by atoms with Gasteiger partial charge in [0.05, 0.1) is 5.56 Å². The number of nitrogens with two attached hydrogens (primary N) is 1. The van der Waals surface area contributed by atoms with Gasteiger partial charge in [0.15, 0.2) is 0 Å². The second kappa shape index (κ2) is 6.73. The van der Waals surface area contributed by atoms with E-state index in [-0.39, 0.29) is 11.7 Å². The molecule has 0 aliphatic carbocycles. The van der Waals surface area contributed by atoms with Gasteiger partial charge < -0.3 is 15.7 Å². The number of amides is 1. The predicted molar refractivity (Wildman–Crippen MR) is 78.3 cm³/mol. The third kappa shape index (κ3) is 3.36. The summed E-state index contributed by atoms with van der Waals surface area (Å²) in [6, 6.07) is 16.3. The van der Waals surface area contributed by atoms with E-state index in [1.54, 1.807) is 23.1 Å². The first-order chi connectivity index (χ1) is 9.72. The highest BCUT2D eigenvalue weighted by Crippen LogP contribution is 2.18. The molecule has 2 rings (SSSR count). The maximum absolute atomic E-state index is 12.5. The molecular weight excluding hydrogens is 252 g/mol. The molecular formula is C16H18N2O2. The van der Waals surface area contributed by atoms with Crippen LogP contribution in [0.1, 0.15) is 15.9 Å². The summed E-state index contributed by atoms with van der Waals surface area (Å²) in [7, 11) is 0. The van der Waals surface area contributed by atoms with Gasteiger partial charge in [-0.05, 0) is 17.7 Å². The van der Waals surface area contributed by atoms with Gasteiger partial charge in [-0.1, -0.05) is 42.5 Å². The van der Waals surface area contributed by atoms with Crippen LogP contribution in [0.2, 0.25) is 0 Å².